The first-order chi connectivity index (χ1) is 16.0. The van der Waals surface area contributed by atoms with Gasteiger partial charge in [0.05, 0.1) is 24.8 Å². The topological polar surface area (TPSA) is 70.1 Å². The predicted octanol–water partition coefficient (Wildman–Crippen LogP) is 4.15. The Labute approximate surface area is 202 Å². The van der Waals surface area contributed by atoms with Crippen molar-refractivity contribution in [3.63, 3.8) is 0 Å². The predicted molar refractivity (Wildman–Crippen MR) is 131 cm³/mol. The van der Waals surface area contributed by atoms with Crippen LogP contribution in [0.5, 0.6) is 0 Å². The summed E-state index contributed by atoms with van der Waals surface area (Å²) in [6, 6.07) is 16.4. The van der Waals surface area contributed by atoms with E-state index in [4.69, 9.17) is 4.74 Å². The molecule has 172 valence electrons. The molecular weight excluding hydrogens is 484 g/mol. The molecule has 4 rings (SSSR count). The van der Waals surface area contributed by atoms with Crippen LogP contribution in [-0.4, -0.2) is 66.0 Å². The van der Waals surface area contributed by atoms with E-state index in [9.17, 15) is 14.7 Å². The van der Waals surface area contributed by atoms with Gasteiger partial charge < -0.3 is 14.7 Å². The van der Waals surface area contributed by atoms with Crippen molar-refractivity contribution in [2.45, 2.75) is 12.5 Å². The van der Waals surface area contributed by atoms with Crippen LogP contribution in [0.3, 0.4) is 0 Å². The van der Waals surface area contributed by atoms with Gasteiger partial charge >= 0.3 is 0 Å². The number of ether oxygens (including phenoxy) is 1. The molecule has 6 nitrogen and oxygen atoms in total. The van der Waals surface area contributed by atoms with Crippen molar-refractivity contribution in [3.05, 3.63) is 87.6 Å². The number of nitrogens with zero attached hydrogens (tertiary/aromatic N) is 2. The smallest absolute Gasteiger partial charge is 0.290 e. The number of halogens is 1. The van der Waals surface area contributed by atoms with Crippen LogP contribution in [0, 0.1) is 0 Å². The van der Waals surface area contributed by atoms with E-state index in [2.05, 4.69) is 20.8 Å². The third-order valence-electron chi connectivity index (χ3n) is 5.96. The second-order valence-corrected chi connectivity index (χ2v) is 9.05. The molecule has 2 aliphatic rings. The monoisotopic (exact) mass is 510 g/mol. The Balaban J connectivity index is 1.56. The van der Waals surface area contributed by atoms with E-state index < -0.39 is 17.7 Å². The molecule has 1 saturated heterocycles. The number of hydrogen-bond acceptors (Lipinski definition) is 5. The molecule has 2 aliphatic heterocycles. The van der Waals surface area contributed by atoms with Crippen molar-refractivity contribution >= 4 is 33.7 Å². The fourth-order valence-electron chi connectivity index (χ4n) is 4.24. The fraction of sp³-hybridized carbons (Fsp3) is 0.308. The minimum absolute atomic E-state index is 0.126. The van der Waals surface area contributed by atoms with E-state index in [0.717, 1.165) is 54.9 Å². The molecule has 0 radical (unpaired) electrons. The van der Waals surface area contributed by atoms with Crippen molar-refractivity contribution in [3.8, 4) is 0 Å². The van der Waals surface area contributed by atoms with Gasteiger partial charge in [0.2, 0.25) is 0 Å². The molecule has 0 spiro atoms. The van der Waals surface area contributed by atoms with Gasteiger partial charge in [0.1, 0.15) is 0 Å². The number of morpholine rings is 1. The zero-order valence-corrected chi connectivity index (χ0v) is 19.9. The zero-order valence-electron chi connectivity index (χ0n) is 18.3. The molecule has 2 aromatic carbocycles. The summed E-state index contributed by atoms with van der Waals surface area (Å²) in [5, 5.41) is 10.7. The maximum absolute atomic E-state index is 13.2. The lowest BCUT2D eigenvalue weighted by molar-refractivity contribution is -0.129. The van der Waals surface area contributed by atoms with E-state index in [1.165, 1.54) is 6.08 Å². The minimum atomic E-state index is -0.622. The quantitative estimate of drug-likeness (QED) is 0.540. The van der Waals surface area contributed by atoms with Crippen LogP contribution in [0.15, 0.2) is 76.5 Å². The second kappa shape index (κ2) is 10.9. The van der Waals surface area contributed by atoms with Crippen molar-refractivity contribution in [2.75, 3.05) is 39.4 Å². The highest BCUT2D eigenvalue weighted by Crippen LogP contribution is 2.38. The van der Waals surface area contributed by atoms with Crippen molar-refractivity contribution < 1.29 is 19.4 Å². The molecule has 2 aromatic rings. The lowest BCUT2D eigenvalue weighted by atomic mass is 9.95. The summed E-state index contributed by atoms with van der Waals surface area (Å²) in [5.74, 6) is -1.33. The average Bonchev–Trinajstić information content (AvgIpc) is 3.09. The first-order valence-electron chi connectivity index (χ1n) is 11.1. The number of aliphatic hydroxyl groups excluding tert-OH is 1. The molecule has 1 atom stereocenters. The summed E-state index contributed by atoms with van der Waals surface area (Å²) in [6.45, 7) is 4.47. The Morgan fingerprint density at radius 1 is 1.06 bits per heavy atom. The average molecular weight is 511 g/mol. The number of benzene rings is 2. The number of carbonyl (C=O) groups excluding carboxylic acids is 2. The number of ketones is 1. The summed E-state index contributed by atoms with van der Waals surface area (Å²) < 4.78 is 6.30. The van der Waals surface area contributed by atoms with Crippen molar-refractivity contribution in [1.29, 1.82) is 0 Å². The number of allylic oxidation sites excluding steroid dienone is 1. The van der Waals surface area contributed by atoms with Crippen molar-refractivity contribution in [1.82, 2.24) is 9.80 Å². The Morgan fingerprint density at radius 3 is 2.45 bits per heavy atom. The van der Waals surface area contributed by atoms with Gasteiger partial charge in [0, 0.05) is 30.7 Å². The van der Waals surface area contributed by atoms with Gasteiger partial charge in [-0.25, -0.2) is 0 Å². The molecule has 7 heteroatoms. The summed E-state index contributed by atoms with van der Waals surface area (Å²) >= 11 is 3.44. The van der Waals surface area contributed by atoms with Gasteiger partial charge in [-0.15, -0.1) is 0 Å². The lowest BCUT2D eigenvalue weighted by Gasteiger charge is -2.30. The van der Waals surface area contributed by atoms with Crippen LogP contribution in [0.1, 0.15) is 23.6 Å². The highest BCUT2D eigenvalue weighted by Gasteiger charge is 2.42. The highest BCUT2D eigenvalue weighted by atomic mass is 79.9. The molecule has 0 saturated carbocycles. The van der Waals surface area contributed by atoms with E-state index in [1.807, 2.05) is 54.6 Å². The van der Waals surface area contributed by atoms with Gasteiger partial charge in [-0.05, 0) is 35.8 Å². The minimum Gasteiger partial charge on any atom is -0.503 e. The molecule has 0 aromatic heterocycles. The SMILES string of the molecule is O=C(C=Cc1ccccc1)C1=C(O)C(=O)N(CCCN2CCOCC2)C1c1ccc(Br)cc1. The van der Waals surface area contributed by atoms with Gasteiger partial charge in [0.25, 0.3) is 5.91 Å². The van der Waals surface area contributed by atoms with E-state index >= 15 is 0 Å². The number of hydrogen-bond donors (Lipinski definition) is 1. The third-order valence-corrected chi connectivity index (χ3v) is 6.49. The maximum atomic E-state index is 13.2. The Bertz CT molecular complexity index is 1040. The van der Waals surface area contributed by atoms with Gasteiger partial charge in [-0.2, -0.15) is 0 Å². The highest BCUT2D eigenvalue weighted by molar-refractivity contribution is 9.10. The third kappa shape index (κ3) is 5.61. The normalized spacial score (nSPS) is 19.6. The number of aliphatic hydroxyl groups is 1. The standard InChI is InChI=1S/C26H27BrN2O4/c27-21-10-8-20(9-11-21)24-23(22(30)12-7-19-5-2-1-3-6-19)25(31)26(32)29(24)14-4-13-28-15-17-33-18-16-28/h1-3,5-12,24,31H,4,13-18H2. The molecule has 1 N–H and O–H groups in total. The summed E-state index contributed by atoms with van der Waals surface area (Å²) in [7, 11) is 0. The Kier molecular flexibility index (Phi) is 7.75. The first-order valence-corrected chi connectivity index (χ1v) is 11.9. The summed E-state index contributed by atoms with van der Waals surface area (Å²) in [6.07, 6.45) is 3.87. The Morgan fingerprint density at radius 2 is 1.76 bits per heavy atom. The van der Waals surface area contributed by atoms with Crippen LogP contribution in [-0.2, 0) is 14.3 Å². The molecule has 2 heterocycles. The van der Waals surface area contributed by atoms with Crippen LogP contribution in [0.25, 0.3) is 6.08 Å². The van der Waals surface area contributed by atoms with Crippen LogP contribution in [0.4, 0.5) is 0 Å². The molecular formula is C26H27BrN2O4. The van der Waals surface area contributed by atoms with Crippen molar-refractivity contribution in [2.24, 2.45) is 0 Å². The number of amides is 1. The van der Waals surface area contributed by atoms with E-state index in [0.29, 0.717) is 6.54 Å². The molecule has 1 unspecified atom stereocenters. The summed E-state index contributed by atoms with van der Waals surface area (Å²) in [4.78, 5) is 30.1. The molecule has 0 aliphatic carbocycles. The molecule has 1 fully saturated rings. The van der Waals surface area contributed by atoms with Gasteiger partial charge in [-0.1, -0.05) is 64.5 Å². The maximum Gasteiger partial charge on any atom is 0.290 e. The first kappa shape index (κ1) is 23.4. The zero-order chi connectivity index (χ0) is 23.2. The van der Waals surface area contributed by atoms with Crippen LogP contribution in [0.2, 0.25) is 0 Å². The van der Waals surface area contributed by atoms with E-state index in [-0.39, 0.29) is 11.4 Å². The number of rotatable bonds is 8. The fourth-order valence-corrected chi connectivity index (χ4v) is 4.51. The number of carbonyl (C=O) groups is 2. The molecule has 33 heavy (non-hydrogen) atoms. The molecule has 0 bridgehead atoms. The van der Waals surface area contributed by atoms with Gasteiger partial charge in [0.15, 0.2) is 11.5 Å². The van der Waals surface area contributed by atoms with E-state index in [1.54, 1.807) is 11.0 Å². The summed E-state index contributed by atoms with van der Waals surface area (Å²) in [5.41, 5.74) is 1.79. The largest absolute Gasteiger partial charge is 0.503 e. The van der Waals surface area contributed by atoms with Gasteiger partial charge in [-0.3, -0.25) is 14.5 Å². The second-order valence-electron chi connectivity index (χ2n) is 8.13. The Hall–Kier alpha value is -2.74. The lowest BCUT2D eigenvalue weighted by Crippen LogP contribution is -2.39. The van der Waals surface area contributed by atoms with Crippen LogP contribution < -0.4 is 0 Å². The van der Waals surface area contributed by atoms with Crippen LogP contribution >= 0.6 is 15.9 Å². The molecule has 1 amide bonds.